The summed E-state index contributed by atoms with van der Waals surface area (Å²) in [4.78, 5) is 50.2. The van der Waals surface area contributed by atoms with Gasteiger partial charge in [-0.3, -0.25) is 14.0 Å². The second-order valence-electron chi connectivity index (χ2n) is 11.9. The van der Waals surface area contributed by atoms with Gasteiger partial charge in [-0.2, -0.15) is 0 Å². The van der Waals surface area contributed by atoms with E-state index in [9.17, 15) is 33.8 Å². The standard InChI is InChI=1S/C36H56FNO8/c1-4-6-8-11-14-17-29(39)18-15-12-9-10-13-16-19-31(36(44,24-25-37)35(42)43)33(40)38-32(34(41)45-3)27-28-20-22-30(23-21-28)46-26-7-5-2/h16,19-23,31-32,44H,4-15,17-18,24-27H2,1-3H3,(H,38,40)(H,42,43)/b19-16+/t31-,32+,36+/m1/s1. The van der Waals surface area contributed by atoms with Gasteiger partial charge in [0.05, 0.1) is 26.3 Å². The molecule has 46 heavy (non-hydrogen) atoms. The van der Waals surface area contributed by atoms with E-state index in [2.05, 4.69) is 19.2 Å². The van der Waals surface area contributed by atoms with Crippen molar-refractivity contribution in [1.82, 2.24) is 5.32 Å². The van der Waals surface area contributed by atoms with Crippen LogP contribution in [0.5, 0.6) is 5.75 Å². The quantitative estimate of drug-likeness (QED) is 0.0545. The summed E-state index contributed by atoms with van der Waals surface area (Å²) in [6, 6.07) is 5.84. The fraction of sp³-hybridized carbons (Fsp3) is 0.667. The average molecular weight is 650 g/mol. The van der Waals surface area contributed by atoms with Gasteiger partial charge in [-0.05, 0) is 49.8 Å². The van der Waals surface area contributed by atoms with E-state index in [0.29, 0.717) is 43.0 Å². The maximum absolute atomic E-state index is 13.4. The number of hydrogen-bond acceptors (Lipinski definition) is 7. The number of carboxylic acid groups (broad SMARTS) is 1. The lowest BCUT2D eigenvalue weighted by Gasteiger charge is -2.30. The zero-order chi connectivity index (χ0) is 34.2. The lowest BCUT2D eigenvalue weighted by atomic mass is 9.83. The molecule has 0 bridgehead atoms. The number of rotatable bonds is 27. The SMILES string of the molecule is CCCCCCCC(=O)CCCCCC/C=C/[C@H](C(=O)N[C@@H](Cc1ccc(OCCCC)cc1)C(=O)OC)[C@@](O)(CCF)C(=O)O. The molecule has 0 radical (unpaired) electrons. The molecular formula is C36H56FNO8. The summed E-state index contributed by atoms with van der Waals surface area (Å²) in [5.41, 5.74) is -2.03. The Bertz CT molecular complexity index is 1060. The first-order chi connectivity index (χ1) is 22.1. The molecule has 0 aliphatic carbocycles. The van der Waals surface area contributed by atoms with Crippen LogP contribution in [0.4, 0.5) is 4.39 Å². The van der Waals surface area contributed by atoms with E-state index >= 15 is 0 Å². The van der Waals surface area contributed by atoms with Gasteiger partial charge in [-0.25, -0.2) is 9.59 Å². The summed E-state index contributed by atoms with van der Waals surface area (Å²) in [7, 11) is 1.17. The van der Waals surface area contributed by atoms with Crippen LogP contribution < -0.4 is 10.1 Å². The highest BCUT2D eigenvalue weighted by Gasteiger charge is 2.47. The molecule has 3 N–H and O–H groups in total. The topological polar surface area (TPSA) is 139 Å². The first kappa shape index (κ1) is 40.8. The van der Waals surface area contributed by atoms with Crippen molar-refractivity contribution >= 4 is 23.6 Å². The number of carboxylic acids is 1. The molecule has 0 saturated carbocycles. The van der Waals surface area contributed by atoms with Crippen molar-refractivity contribution in [2.24, 2.45) is 5.92 Å². The van der Waals surface area contributed by atoms with Crippen molar-refractivity contribution in [3.05, 3.63) is 42.0 Å². The Morgan fingerprint density at radius 1 is 0.913 bits per heavy atom. The van der Waals surface area contributed by atoms with Crippen molar-refractivity contribution < 1.29 is 43.3 Å². The van der Waals surface area contributed by atoms with Gasteiger partial charge < -0.3 is 25.0 Å². The monoisotopic (exact) mass is 649 g/mol. The number of unbranched alkanes of at least 4 members (excludes halogenated alkanes) is 9. The third kappa shape index (κ3) is 15.8. The Labute approximate surface area is 274 Å². The average Bonchev–Trinajstić information content (AvgIpc) is 3.04. The number of ketones is 1. The molecular weight excluding hydrogens is 593 g/mol. The van der Waals surface area contributed by atoms with E-state index in [4.69, 9.17) is 9.47 Å². The van der Waals surface area contributed by atoms with E-state index in [-0.39, 0.29) is 6.42 Å². The maximum Gasteiger partial charge on any atom is 0.336 e. The molecule has 10 heteroatoms. The van der Waals surface area contributed by atoms with Gasteiger partial charge in [-0.15, -0.1) is 0 Å². The Kier molecular flexibility index (Phi) is 21.2. The Hall–Kier alpha value is -3.27. The normalized spacial score (nSPS) is 13.9. The number of hydrogen-bond donors (Lipinski definition) is 3. The van der Waals surface area contributed by atoms with Crippen LogP contribution >= 0.6 is 0 Å². The number of nitrogens with one attached hydrogen (secondary N) is 1. The van der Waals surface area contributed by atoms with Gasteiger partial charge in [0.25, 0.3) is 0 Å². The summed E-state index contributed by atoms with van der Waals surface area (Å²) < 4.78 is 23.9. The zero-order valence-electron chi connectivity index (χ0n) is 28.1. The number of carbonyl (C=O) groups excluding carboxylic acids is 3. The second kappa shape index (κ2) is 24.0. The van der Waals surface area contributed by atoms with E-state index in [0.717, 1.165) is 51.4 Å². The van der Waals surface area contributed by atoms with Crippen LogP contribution in [-0.2, 0) is 30.3 Å². The molecule has 1 amide bonds. The Morgan fingerprint density at radius 2 is 1.52 bits per heavy atom. The van der Waals surface area contributed by atoms with E-state index in [1.165, 1.54) is 32.4 Å². The molecule has 0 saturated heterocycles. The molecule has 0 spiro atoms. The first-order valence-electron chi connectivity index (χ1n) is 16.9. The summed E-state index contributed by atoms with van der Waals surface area (Å²) in [6.45, 7) is 3.64. The predicted octanol–water partition coefficient (Wildman–Crippen LogP) is 6.68. The van der Waals surface area contributed by atoms with Gasteiger partial charge in [0.2, 0.25) is 5.91 Å². The first-order valence-corrected chi connectivity index (χ1v) is 16.9. The van der Waals surface area contributed by atoms with Crippen LogP contribution in [0, 0.1) is 5.92 Å². The minimum absolute atomic E-state index is 0.0417. The molecule has 0 fully saturated rings. The van der Waals surface area contributed by atoms with Crippen molar-refractivity contribution in [3.63, 3.8) is 0 Å². The van der Waals surface area contributed by atoms with Gasteiger partial charge in [0.15, 0.2) is 5.60 Å². The van der Waals surface area contributed by atoms with Gasteiger partial charge >= 0.3 is 11.9 Å². The Morgan fingerprint density at radius 3 is 2.09 bits per heavy atom. The molecule has 1 rings (SSSR count). The third-order valence-electron chi connectivity index (χ3n) is 8.04. The lowest BCUT2D eigenvalue weighted by molar-refractivity contribution is -0.168. The summed E-state index contributed by atoms with van der Waals surface area (Å²) in [5, 5.41) is 23.3. The van der Waals surface area contributed by atoms with Crippen LogP contribution in [0.2, 0.25) is 0 Å². The minimum Gasteiger partial charge on any atom is -0.494 e. The number of carbonyl (C=O) groups is 4. The number of allylic oxidation sites excluding steroid dienone is 1. The summed E-state index contributed by atoms with van der Waals surface area (Å²) >= 11 is 0. The summed E-state index contributed by atoms with van der Waals surface area (Å²) in [6.07, 6.45) is 14.6. The second-order valence-corrected chi connectivity index (χ2v) is 11.9. The molecule has 260 valence electrons. The van der Waals surface area contributed by atoms with Crippen molar-refractivity contribution in [1.29, 1.82) is 0 Å². The van der Waals surface area contributed by atoms with Crippen LogP contribution in [-0.4, -0.2) is 65.9 Å². The molecule has 9 nitrogen and oxygen atoms in total. The fourth-order valence-electron chi connectivity index (χ4n) is 5.11. The number of Topliss-reactive ketones (excluding diaryl/α,β-unsaturated/α-hetero) is 1. The molecule has 0 aliphatic heterocycles. The number of esters is 1. The number of aliphatic hydroxyl groups is 1. The van der Waals surface area contributed by atoms with Crippen molar-refractivity contribution in [2.75, 3.05) is 20.4 Å². The molecule has 0 unspecified atom stereocenters. The van der Waals surface area contributed by atoms with E-state index in [1.807, 2.05) is 0 Å². The van der Waals surface area contributed by atoms with Crippen molar-refractivity contribution in [3.8, 4) is 5.75 Å². The lowest BCUT2D eigenvalue weighted by Crippen LogP contribution is -2.55. The number of alkyl halides is 1. The summed E-state index contributed by atoms with van der Waals surface area (Å²) in [5.74, 6) is -4.11. The van der Waals surface area contributed by atoms with E-state index < -0.39 is 48.5 Å². The zero-order valence-corrected chi connectivity index (χ0v) is 28.1. The van der Waals surface area contributed by atoms with Crippen molar-refractivity contribution in [2.45, 2.75) is 128 Å². The number of amides is 1. The molecule has 0 aliphatic rings. The molecule has 1 aromatic carbocycles. The fourth-order valence-corrected chi connectivity index (χ4v) is 5.11. The highest BCUT2D eigenvalue weighted by atomic mass is 19.1. The highest BCUT2D eigenvalue weighted by Crippen LogP contribution is 2.26. The van der Waals surface area contributed by atoms with Gasteiger partial charge in [0, 0.05) is 25.7 Å². The number of halogens is 1. The van der Waals surface area contributed by atoms with Gasteiger partial charge in [0.1, 0.15) is 17.6 Å². The number of methoxy groups -OCH3 is 1. The third-order valence-corrected chi connectivity index (χ3v) is 8.04. The number of ether oxygens (including phenoxy) is 2. The van der Waals surface area contributed by atoms with Crippen LogP contribution in [0.3, 0.4) is 0 Å². The van der Waals surface area contributed by atoms with Crippen LogP contribution in [0.15, 0.2) is 36.4 Å². The number of benzene rings is 1. The number of aliphatic carboxylic acids is 1. The minimum atomic E-state index is -2.72. The smallest absolute Gasteiger partial charge is 0.336 e. The predicted molar refractivity (Wildman–Crippen MR) is 176 cm³/mol. The Balaban J connectivity index is 2.81. The highest BCUT2D eigenvalue weighted by molar-refractivity contribution is 5.92. The van der Waals surface area contributed by atoms with Gasteiger partial charge in [-0.1, -0.05) is 83.1 Å². The molecule has 0 heterocycles. The van der Waals surface area contributed by atoms with E-state index in [1.54, 1.807) is 30.3 Å². The molecule has 0 aromatic heterocycles. The molecule has 1 aromatic rings. The maximum atomic E-state index is 13.4. The largest absolute Gasteiger partial charge is 0.494 e. The van der Waals surface area contributed by atoms with Crippen LogP contribution in [0.25, 0.3) is 0 Å². The van der Waals surface area contributed by atoms with Crippen LogP contribution in [0.1, 0.15) is 116 Å². The molecule has 3 atom stereocenters.